The summed E-state index contributed by atoms with van der Waals surface area (Å²) in [5, 5.41) is 3.46. The molecule has 4 heteroatoms. The highest BCUT2D eigenvalue weighted by atomic mass is 79.9. The molecule has 2 rings (SSSR count). The van der Waals surface area contributed by atoms with E-state index < -0.39 is 0 Å². The number of methoxy groups -OCH3 is 2. The lowest BCUT2D eigenvalue weighted by Crippen LogP contribution is -2.08. The zero-order valence-electron chi connectivity index (χ0n) is 11.8. The SMILES string of the molecule is COc1ccc(NC(C)c2ccccc2Br)c(OC)c1. The minimum absolute atomic E-state index is 0.160. The van der Waals surface area contributed by atoms with Gasteiger partial charge in [0.2, 0.25) is 0 Å². The molecule has 0 saturated heterocycles. The first-order valence-electron chi connectivity index (χ1n) is 6.38. The molecule has 2 aromatic rings. The van der Waals surface area contributed by atoms with Crippen LogP contribution in [-0.4, -0.2) is 14.2 Å². The summed E-state index contributed by atoms with van der Waals surface area (Å²) in [6.07, 6.45) is 0. The number of rotatable bonds is 5. The summed E-state index contributed by atoms with van der Waals surface area (Å²) in [4.78, 5) is 0. The van der Waals surface area contributed by atoms with Crippen LogP contribution in [-0.2, 0) is 0 Å². The molecule has 0 aliphatic carbocycles. The maximum Gasteiger partial charge on any atom is 0.145 e. The quantitative estimate of drug-likeness (QED) is 0.863. The number of hydrogen-bond donors (Lipinski definition) is 1. The minimum Gasteiger partial charge on any atom is -0.497 e. The molecular formula is C16H18BrNO2. The van der Waals surface area contributed by atoms with Gasteiger partial charge in [0.05, 0.1) is 19.9 Å². The second kappa shape index (κ2) is 6.66. The first-order chi connectivity index (χ1) is 9.65. The topological polar surface area (TPSA) is 30.5 Å². The average molecular weight is 336 g/mol. The summed E-state index contributed by atoms with van der Waals surface area (Å²) < 4.78 is 11.7. The van der Waals surface area contributed by atoms with Gasteiger partial charge < -0.3 is 14.8 Å². The third-order valence-electron chi connectivity index (χ3n) is 3.15. The van der Waals surface area contributed by atoms with Gasteiger partial charge in [0.25, 0.3) is 0 Å². The third kappa shape index (κ3) is 3.25. The molecule has 1 N–H and O–H groups in total. The molecule has 0 saturated carbocycles. The van der Waals surface area contributed by atoms with Crippen molar-refractivity contribution in [1.29, 1.82) is 0 Å². The van der Waals surface area contributed by atoms with Crippen molar-refractivity contribution in [2.75, 3.05) is 19.5 Å². The van der Waals surface area contributed by atoms with E-state index in [4.69, 9.17) is 9.47 Å². The Morgan fingerprint density at radius 1 is 1.05 bits per heavy atom. The van der Waals surface area contributed by atoms with Crippen molar-refractivity contribution >= 4 is 21.6 Å². The van der Waals surface area contributed by atoms with Crippen molar-refractivity contribution in [1.82, 2.24) is 0 Å². The monoisotopic (exact) mass is 335 g/mol. The molecule has 0 fully saturated rings. The standard InChI is InChI=1S/C16H18BrNO2/c1-11(13-6-4-5-7-14(13)17)18-15-9-8-12(19-2)10-16(15)20-3/h4-11,18H,1-3H3. The van der Waals surface area contributed by atoms with Gasteiger partial charge in [-0.25, -0.2) is 0 Å². The highest BCUT2D eigenvalue weighted by Crippen LogP contribution is 2.33. The number of halogens is 1. The molecule has 2 aromatic carbocycles. The van der Waals surface area contributed by atoms with Gasteiger partial charge >= 0.3 is 0 Å². The molecule has 0 spiro atoms. The molecule has 106 valence electrons. The van der Waals surface area contributed by atoms with Gasteiger partial charge in [-0.3, -0.25) is 0 Å². The van der Waals surface area contributed by atoms with Crippen LogP contribution in [0.25, 0.3) is 0 Å². The fraction of sp³-hybridized carbons (Fsp3) is 0.250. The average Bonchev–Trinajstić information content (AvgIpc) is 2.48. The van der Waals surface area contributed by atoms with Crippen LogP contribution in [0.4, 0.5) is 5.69 Å². The highest BCUT2D eigenvalue weighted by Gasteiger charge is 2.12. The maximum absolute atomic E-state index is 5.40. The van der Waals surface area contributed by atoms with E-state index in [9.17, 15) is 0 Å². The molecule has 0 bridgehead atoms. The largest absolute Gasteiger partial charge is 0.497 e. The lowest BCUT2D eigenvalue weighted by atomic mass is 10.1. The number of anilines is 1. The molecule has 0 heterocycles. The van der Waals surface area contributed by atoms with Crippen molar-refractivity contribution < 1.29 is 9.47 Å². The Morgan fingerprint density at radius 3 is 2.45 bits per heavy atom. The number of ether oxygens (including phenoxy) is 2. The molecule has 1 unspecified atom stereocenters. The van der Waals surface area contributed by atoms with Crippen LogP contribution in [0.15, 0.2) is 46.9 Å². The van der Waals surface area contributed by atoms with Gasteiger partial charge in [0.1, 0.15) is 11.5 Å². The van der Waals surface area contributed by atoms with E-state index in [1.165, 1.54) is 5.56 Å². The van der Waals surface area contributed by atoms with Gasteiger partial charge in [-0.2, -0.15) is 0 Å². The molecule has 0 radical (unpaired) electrons. The normalized spacial score (nSPS) is 11.8. The van der Waals surface area contributed by atoms with Crippen molar-refractivity contribution in [3.63, 3.8) is 0 Å². The zero-order chi connectivity index (χ0) is 14.5. The van der Waals surface area contributed by atoms with Crippen molar-refractivity contribution in [3.8, 4) is 11.5 Å². The van der Waals surface area contributed by atoms with Crippen molar-refractivity contribution in [2.24, 2.45) is 0 Å². The summed E-state index contributed by atoms with van der Waals surface area (Å²) >= 11 is 3.58. The number of benzene rings is 2. The van der Waals surface area contributed by atoms with Crippen molar-refractivity contribution in [2.45, 2.75) is 13.0 Å². The van der Waals surface area contributed by atoms with E-state index in [1.54, 1.807) is 14.2 Å². The zero-order valence-corrected chi connectivity index (χ0v) is 13.4. The lowest BCUT2D eigenvalue weighted by Gasteiger charge is -2.19. The summed E-state index contributed by atoms with van der Waals surface area (Å²) in [6.45, 7) is 2.11. The Labute approximate surface area is 128 Å². The molecule has 0 aromatic heterocycles. The van der Waals surface area contributed by atoms with Crippen LogP contribution in [0.2, 0.25) is 0 Å². The minimum atomic E-state index is 0.160. The highest BCUT2D eigenvalue weighted by molar-refractivity contribution is 9.10. The van der Waals surface area contributed by atoms with E-state index in [2.05, 4.69) is 34.2 Å². The molecule has 3 nitrogen and oxygen atoms in total. The van der Waals surface area contributed by atoms with Gasteiger partial charge in [-0.05, 0) is 30.7 Å². The van der Waals surface area contributed by atoms with Gasteiger partial charge in [-0.15, -0.1) is 0 Å². The summed E-state index contributed by atoms with van der Waals surface area (Å²) in [5.41, 5.74) is 2.14. The predicted octanol–water partition coefficient (Wildman–Crippen LogP) is 4.64. The first-order valence-corrected chi connectivity index (χ1v) is 7.18. The molecule has 0 aliphatic rings. The molecule has 0 amide bonds. The Hall–Kier alpha value is -1.68. The summed E-state index contributed by atoms with van der Waals surface area (Å²) in [5.74, 6) is 1.55. The number of nitrogens with one attached hydrogen (secondary N) is 1. The van der Waals surface area contributed by atoms with Crippen LogP contribution >= 0.6 is 15.9 Å². The number of hydrogen-bond acceptors (Lipinski definition) is 3. The fourth-order valence-electron chi connectivity index (χ4n) is 2.06. The van der Waals surface area contributed by atoms with Gasteiger partial charge in [0.15, 0.2) is 0 Å². The third-order valence-corrected chi connectivity index (χ3v) is 3.87. The van der Waals surface area contributed by atoms with E-state index in [1.807, 2.05) is 36.4 Å². The van der Waals surface area contributed by atoms with Crippen LogP contribution in [0.3, 0.4) is 0 Å². The predicted molar refractivity (Wildman–Crippen MR) is 85.7 cm³/mol. The summed E-state index contributed by atoms with van der Waals surface area (Å²) in [6, 6.07) is 14.1. The fourth-order valence-corrected chi connectivity index (χ4v) is 2.68. The Kier molecular flexibility index (Phi) is 4.90. The van der Waals surface area contributed by atoms with Crippen LogP contribution in [0.5, 0.6) is 11.5 Å². The first kappa shape index (κ1) is 14.7. The molecule has 0 aliphatic heterocycles. The van der Waals surface area contributed by atoms with Gasteiger partial charge in [-0.1, -0.05) is 34.1 Å². The Balaban J connectivity index is 2.23. The smallest absolute Gasteiger partial charge is 0.145 e. The Bertz CT molecular complexity index is 586. The summed E-state index contributed by atoms with van der Waals surface area (Å²) in [7, 11) is 3.30. The van der Waals surface area contributed by atoms with E-state index >= 15 is 0 Å². The van der Waals surface area contributed by atoms with Crippen molar-refractivity contribution in [3.05, 3.63) is 52.5 Å². The van der Waals surface area contributed by atoms with E-state index in [-0.39, 0.29) is 6.04 Å². The maximum atomic E-state index is 5.40. The molecular weight excluding hydrogens is 318 g/mol. The van der Waals surface area contributed by atoms with Gasteiger partial charge in [0, 0.05) is 16.6 Å². The van der Waals surface area contributed by atoms with Crippen LogP contribution < -0.4 is 14.8 Å². The lowest BCUT2D eigenvalue weighted by molar-refractivity contribution is 0.395. The second-order valence-corrected chi connectivity index (χ2v) is 5.31. The molecule has 1 atom stereocenters. The second-order valence-electron chi connectivity index (χ2n) is 4.45. The van der Waals surface area contributed by atoms with E-state index in [0.29, 0.717) is 0 Å². The molecule has 20 heavy (non-hydrogen) atoms. The van der Waals surface area contributed by atoms with Crippen LogP contribution in [0.1, 0.15) is 18.5 Å². The van der Waals surface area contributed by atoms with Crippen LogP contribution in [0, 0.1) is 0 Å². The Morgan fingerprint density at radius 2 is 1.80 bits per heavy atom. The van der Waals surface area contributed by atoms with E-state index in [0.717, 1.165) is 21.7 Å².